The van der Waals surface area contributed by atoms with Crippen molar-refractivity contribution >= 4 is 44.2 Å². The zero-order valence-electron chi connectivity index (χ0n) is 21.3. The predicted molar refractivity (Wildman–Crippen MR) is 146 cm³/mol. The molecule has 3 aliphatic rings. The number of nitrogens with one attached hydrogen (secondary N) is 1. The molecule has 208 valence electrons. The number of hydrogen-bond acceptors (Lipinski definition) is 7. The van der Waals surface area contributed by atoms with Crippen LogP contribution >= 0.6 is 11.6 Å². The quantitative estimate of drug-likeness (QED) is 0.328. The Bertz CT molecular complexity index is 1870. The Morgan fingerprint density at radius 2 is 1.76 bits per heavy atom. The zero-order chi connectivity index (χ0) is 28.5. The van der Waals surface area contributed by atoms with E-state index in [1.54, 1.807) is 42.5 Å². The molecule has 1 aliphatic heterocycles. The molecule has 7 rings (SSSR count). The smallest absolute Gasteiger partial charge is 0.295 e. The third-order valence-corrected chi connectivity index (χ3v) is 10.5. The number of likely N-dealkylation sites (tertiary alicyclic amines) is 1. The number of H-pyrrole nitrogens is 1. The predicted octanol–water partition coefficient (Wildman–Crippen LogP) is 4.44. The van der Waals surface area contributed by atoms with Crippen molar-refractivity contribution in [2.75, 3.05) is 0 Å². The maximum Gasteiger partial charge on any atom is 0.295 e. The Morgan fingerprint density at radius 3 is 2.46 bits per heavy atom. The molecule has 2 aromatic carbocycles. The number of sulfone groups is 1. The van der Waals surface area contributed by atoms with Gasteiger partial charge in [0.05, 0.1) is 23.3 Å². The highest BCUT2D eigenvalue weighted by atomic mass is 35.5. The van der Waals surface area contributed by atoms with Crippen LogP contribution in [0.2, 0.25) is 5.02 Å². The lowest BCUT2D eigenvalue weighted by atomic mass is 9.91. The number of carbonyl (C=O) groups is 2. The zero-order valence-corrected chi connectivity index (χ0v) is 22.9. The van der Waals surface area contributed by atoms with E-state index in [-0.39, 0.29) is 30.1 Å². The number of aromatic nitrogens is 3. The average molecular weight is 593 g/mol. The van der Waals surface area contributed by atoms with E-state index in [0.717, 1.165) is 21.4 Å². The molecule has 0 radical (unpaired) electrons. The van der Waals surface area contributed by atoms with Crippen LogP contribution in [0.15, 0.2) is 82.3 Å². The van der Waals surface area contributed by atoms with Crippen LogP contribution in [0.25, 0.3) is 10.9 Å². The summed E-state index contributed by atoms with van der Waals surface area (Å²) in [4.78, 5) is 33.9. The molecule has 2 amide bonds. The van der Waals surface area contributed by atoms with Crippen LogP contribution in [0.4, 0.5) is 4.39 Å². The lowest BCUT2D eigenvalue weighted by molar-refractivity contribution is -0.140. The summed E-state index contributed by atoms with van der Waals surface area (Å²) in [5, 5.41) is 2.00. The first kappa shape index (κ1) is 25.8. The summed E-state index contributed by atoms with van der Waals surface area (Å²) in [5.41, 5.74) is 2.29. The number of imide groups is 1. The number of hydrogen-bond donors (Lipinski definition) is 1. The molecule has 2 aromatic heterocycles. The molecular weight excluding hydrogens is 571 g/mol. The van der Waals surface area contributed by atoms with Gasteiger partial charge < -0.3 is 9.51 Å². The molecule has 41 heavy (non-hydrogen) atoms. The molecule has 0 spiro atoms. The van der Waals surface area contributed by atoms with Crippen molar-refractivity contribution in [1.82, 2.24) is 20.0 Å². The SMILES string of the molecule is O=C1C2C=CC=CC2C(=O)N1Cc1noc(C(F)(C2Cc3[nH]c4ccc(Cl)cc4c3C2)S(=O)(=O)c2ccccc2)n1. The number of carbonyl (C=O) groups excluding carboxylic acids is 2. The van der Waals surface area contributed by atoms with E-state index in [0.29, 0.717) is 10.7 Å². The fraction of sp³-hybridized carbons (Fsp3) is 0.241. The maximum absolute atomic E-state index is 17.5. The lowest BCUT2D eigenvalue weighted by Gasteiger charge is -2.27. The molecule has 12 heteroatoms. The van der Waals surface area contributed by atoms with E-state index in [9.17, 15) is 18.0 Å². The van der Waals surface area contributed by atoms with Gasteiger partial charge in [0.25, 0.3) is 10.9 Å². The van der Waals surface area contributed by atoms with E-state index < -0.39 is 50.3 Å². The molecule has 4 unspecified atom stereocenters. The summed E-state index contributed by atoms with van der Waals surface area (Å²) in [6.45, 7) is -0.371. The van der Waals surface area contributed by atoms with Gasteiger partial charge in [-0.15, -0.1) is 0 Å². The fourth-order valence-electron chi connectivity index (χ4n) is 6.09. The molecule has 1 saturated heterocycles. The van der Waals surface area contributed by atoms with Crippen molar-refractivity contribution in [3.05, 3.63) is 101 Å². The Balaban J connectivity index is 1.27. The van der Waals surface area contributed by atoms with Crippen LogP contribution in [-0.4, -0.2) is 40.3 Å². The van der Waals surface area contributed by atoms with Crippen molar-refractivity contribution < 1.29 is 26.9 Å². The van der Waals surface area contributed by atoms with Crippen LogP contribution in [0.5, 0.6) is 0 Å². The normalized spacial score (nSPS) is 23.3. The third kappa shape index (κ3) is 3.82. The van der Waals surface area contributed by atoms with Crippen molar-refractivity contribution in [3.63, 3.8) is 0 Å². The van der Waals surface area contributed by atoms with Crippen LogP contribution in [0.1, 0.15) is 23.0 Å². The maximum atomic E-state index is 17.5. The van der Waals surface area contributed by atoms with Gasteiger partial charge in [0.15, 0.2) is 5.82 Å². The van der Waals surface area contributed by atoms with Crippen LogP contribution < -0.4 is 0 Å². The molecule has 0 saturated carbocycles. The molecule has 3 heterocycles. The van der Waals surface area contributed by atoms with E-state index >= 15 is 4.39 Å². The van der Waals surface area contributed by atoms with Crippen molar-refractivity contribution in [3.8, 4) is 0 Å². The van der Waals surface area contributed by atoms with E-state index in [4.69, 9.17) is 16.1 Å². The molecule has 2 aliphatic carbocycles. The van der Waals surface area contributed by atoms with E-state index in [2.05, 4.69) is 15.1 Å². The molecule has 4 aromatic rings. The molecule has 0 bridgehead atoms. The minimum absolute atomic E-state index is 0.0625. The highest BCUT2D eigenvalue weighted by molar-refractivity contribution is 7.92. The first-order chi connectivity index (χ1) is 19.7. The van der Waals surface area contributed by atoms with Gasteiger partial charge in [-0.3, -0.25) is 14.5 Å². The van der Waals surface area contributed by atoms with E-state index in [1.807, 2.05) is 6.07 Å². The number of alkyl halides is 1. The first-order valence-corrected chi connectivity index (χ1v) is 14.9. The van der Waals surface area contributed by atoms with E-state index in [1.165, 1.54) is 24.3 Å². The number of halogens is 2. The summed E-state index contributed by atoms with van der Waals surface area (Å²) in [5.74, 6) is -4.16. The molecule has 1 fully saturated rings. The first-order valence-electron chi connectivity index (χ1n) is 13.0. The van der Waals surface area contributed by atoms with Gasteiger partial charge in [0.2, 0.25) is 21.7 Å². The number of benzene rings is 2. The third-order valence-electron chi connectivity index (χ3n) is 8.12. The summed E-state index contributed by atoms with van der Waals surface area (Å²) in [6, 6.07) is 12.6. The topological polar surface area (TPSA) is 126 Å². The lowest BCUT2D eigenvalue weighted by Crippen LogP contribution is -2.40. The number of allylic oxidation sites excluding steroid dienone is 2. The second kappa shape index (κ2) is 9.22. The molecule has 4 atom stereocenters. The standard InChI is InChI=1S/C29H22ClFN4O5S/c30-17-10-11-23-22(14-17)21-12-16(13-24(21)32-23)29(31,41(38,39)18-6-2-1-3-7-18)28-33-25(34-40-28)15-35-26(36)19-8-4-5-9-20(19)27(35)37/h1-11,14,16,19-20,32H,12-13,15H2. The van der Waals surface area contributed by atoms with Gasteiger partial charge in [0.1, 0.15) is 0 Å². The fourth-order valence-corrected chi connectivity index (χ4v) is 8.04. The summed E-state index contributed by atoms with van der Waals surface area (Å²) in [6.07, 6.45) is 6.83. The highest BCUT2D eigenvalue weighted by Crippen LogP contribution is 2.49. The number of amides is 2. The average Bonchev–Trinajstić information content (AvgIpc) is 3.74. The van der Waals surface area contributed by atoms with Gasteiger partial charge >= 0.3 is 0 Å². The second-order valence-electron chi connectivity index (χ2n) is 10.4. The van der Waals surface area contributed by atoms with Crippen molar-refractivity contribution in [1.29, 1.82) is 0 Å². The number of nitrogens with zero attached hydrogens (tertiary/aromatic N) is 3. The molecule has 1 N–H and O–H groups in total. The Morgan fingerprint density at radius 1 is 1.05 bits per heavy atom. The number of fused-ring (bicyclic) bond motifs is 4. The van der Waals surface area contributed by atoms with Crippen molar-refractivity contribution in [2.45, 2.75) is 29.3 Å². The van der Waals surface area contributed by atoms with Gasteiger partial charge in [-0.25, -0.2) is 12.8 Å². The van der Waals surface area contributed by atoms with Gasteiger partial charge in [-0.2, -0.15) is 4.98 Å². The Labute approximate surface area is 238 Å². The number of aromatic amines is 1. The monoisotopic (exact) mass is 592 g/mol. The second-order valence-corrected chi connectivity index (χ2v) is 12.9. The van der Waals surface area contributed by atoms with Crippen molar-refractivity contribution in [2.24, 2.45) is 17.8 Å². The number of rotatable bonds is 6. The van der Waals surface area contributed by atoms with Gasteiger partial charge in [0, 0.05) is 27.5 Å². The highest BCUT2D eigenvalue weighted by Gasteiger charge is 2.59. The van der Waals surface area contributed by atoms with Crippen LogP contribution in [0.3, 0.4) is 0 Å². The largest absolute Gasteiger partial charge is 0.358 e. The van der Waals surface area contributed by atoms with Crippen LogP contribution in [0, 0.1) is 17.8 Å². The molecular formula is C29H22ClFN4O5S. The summed E-state index contributed by atoms with van der Waals surface area (Å²) >= 11 is 6.21. The summed E-state index contributed by atoms with van der Waals surface area (Å²) in [7, 11) is -4.72. The molecule has 9 nitrogen and oxygen atoms in total. The summed E-state index contributed by atoms with van der Waals surface area (Å²) < 4.78 is 50.8. The van der Waals surface area contributed by atoms with Gasteiger partial charge in [-0.1, -0.05) is 59.3 Å². The van der Waals surface area contributed by atoms with Crippen LogP contribution in [-0.2, 0) is 43.8 Å². The Kier molecular flexibility index (Phi) is 5.81. The Hall–Kier alpha value is -4.09. The van der Waals surface area contributed by atoms with Gasteiger partial charge in [-0.05, 0) is 48.7 Å². The minimum Gasteiger partial charge on any atom is -0.358 e. The minimum atomic E-state index is -4.72.